The molecule has 6 nitrogen and oxygen atoms in total. The van der Waals surface area contributed by atoms with Crippen molar-refractivity contribution in [2.75, 3.05) is 0 Å². The monoisotopic (exact) mass is 446 g/mol. The topological polar surface area (TPSA) is 88.2 Å². The van der Waals surface area contributed by atoms with E-state index >= 15 is 0 Å². The highest BCUT2D eigenvalue weighted by Gasteiger charge is 2.26. The van der Waals surface area contributed by atoms with Crippen molar-refractivity contribution in [3.05, 3.63) is 106 Å². The third-order valence-electron chi connectivity index (χ3n) is 5.50. The molecule has 33 heavy (non-hydrogen) atoms. The molecule has 3 heterocycles. The quantitative estimate of drug-likeness (QED) is 0.384. The van der Waals surface area contributed by atoms with Gasteiger partial charge in [0.2, 0.25) is 0 Å². The summed E-state index contributed by atoms with van der Waals surface area (Å²) in [5, 5.41) is 10.6. The zero-order valence-electron chi connectivity index (χ0n) is 17.0. The summed E-state index contributed by atoms with van der Waals surface area (Å²) in [6.45, 7) is -0.172. The minimum absolute atomic E-state index is 0.111. The fourth-order valence-electron chi connectivity index (χ4n) is 4.05. The van der Waals surface area contributed by atoms with Crippen molar-refractivity contribution in [1.29, 1.82) is 0 Å². The third kappa shape index (κ3) is 3.51. The minimum atomic E-state index is -1.29. The van der Waals surface area contributed by atoms with Crippen LogP contribution in [-0.4, -0.2) is 20.6 Å². The molecule has 2 N–H and O–H groups in total. The van der Waals surface area contributed by atoms with Crippen LogP contribution in [0.4, 0.5) is 8.78 Å². The summed E-state index contributed by atoms with van der Waals surface area (Å²) < 4.78 is 34.7. The van der Waals surface area contributed by atoms with Crippen molar-refractivity contribution in [3.63, 3.8) is 0 Å². The molecule has 3 aromatic heterocycles. The highest BCUT2D eigenvalue weighted by molar-refractivity contribution is 6.09. The predicted molar refractivity (Wildman–Crippen MR) is 118 cm³/mol. The standard InChI is InChI=1S/C25H16F2N2O4/c26-16-7-5-15(19(27)12-16)13-29-20-8-6-14(21-4-2-10-33-21)11-18(20)22(23(29)25(31)32)17-3-1-9-28-24(17)30/h1-12H,13H2,(H,28,30)(H,31,32). The molecule has 0 aliphatic rings. The Kier molecular flexibility index (Phi) is 4.90. The van der Waals surface area contributed by atoms with Gasteiger partial charge >= 0.3 is 5.97 Å². The maximum Gasteiger partial charge on any atom is 0.353 e. The second-order valence-corrected chi connectivity index (χ2v) is 7.47. The van der Waals surface area contributed by atoms with Crippen molar-refractivity contribution in [3.8, 4) is 22.5 Å². The Hall–Kier alpha value is -4.46. The van der Waals surface area contributed by atoms with Crippen LogP contribution in [0.25, 0.3) is 33.4 Å². The first-order valence-corrected chi connectivity index (χ1v) is 9.99. The Balaban J connectivity index is 1.84. The largest absolute Gasteiger partial charge is 0.477 e. The molecule has 0 bridgehead atoms. The van der Waals surface area contributed by atoms with E-state index in [0.717, 1.165) is 12.1 Å². The van der Waals surface area contributed by atoms with Crippen LogP contribution in [0.5, 0.6) is 0 Å². The molecule has 0 fully saturated rings. The van der Waals surface area contributed by atoms with Gasteiger partial charge in [0.1, 0.15) is 23.1 Å². The van der Waals surface area contributed by atoms with Gasteiger partial charge in [-0.2, -0.15) is 0 Å². The van der Waals surface area contributed by atoms with E-state index in [4.69, 9.17) is 4.42 Å². The van der Waals surface area contributed by atoms with Crippen LogP contribution >= 0.6 is 0 Å². The molecule has 0 saturated carbocycles. The average molecular weight is 446 g/mol. The number of fused-ring (bicyclic) bond motifs is 1. The Labute approximate surface area is 185 Å². The van der Waals surface area contributed by atoms with Crippen molar-refractivity contribution >= 4 is 16.9 Å². The van der Waals surface area contributed by atoms with E-state index in [1.165, 1.54) is 29.2 Å². The van der Waals surface area contributed by atoms with E-state index in [1.807, 2.05) is 0 Å². The molecule has 0 unspecified atom stereocenters. The first-order valence-electron chi connectivity index (χ1n) is 9.99. The SMILES string of the molecule is O=C(O)c1c(-c2ccc[nH]c2=O)c2cc(-c3ccco3)ccc2n1Cc1ccc(F)cc1F. The van der Waals surface area contributed by atoms with Gasteiger partial charge in [0.25, 0.3) is 5.56 Å². The van der Waals surface area contributed by atoms with E-state index < -0.39 is 23.2 Å². The number of nitrogens with one attached hydrogen (secondary N) is 1. The zero-order valence-corrected chi connectivity index (χ0v) is 17.0. The number of hydrogen-bond donors (Lipinski definition) is 2. The van der Waals surface area contributed by atoms with E-state index in [1.54, 1.807) is 36.4 Å². The maximum atomic E-state index is 14.4. The lowest BCUT2D eigenvalue weighted by Crippen LogP contribution is -2.14. The van der Waals surface area contributed by atoms with Crippen LogP contribution in [0, 0.1) is 11.6 Å². The van der Waals surface area contributed by atoms with Crippen LogP contribution < -0.4 is 5.56 Å². The molecule has 0 spiro atoms. The molecule has 0 radical (unpaired) electrons. The number of carboxylic acid groups (broad SMARTS) is 1. The molecular formula is C25H16F2N2O4. The second-order valence-electron chi connectivity index (χ2n) is 7.47. The number of carbonyl (C=O) groups is 1. The van der Waals surface area contributed by atoms with Crippen LogP contribution in [0.3, 0.4) is 0 Å². The molecule has 0 saturated heterocycles. The summed E-state index contributed by atoms with van der Waals surface area (Å²) in [4.78, 5) is 27.6. The Morgan fingerprint density at radius 2 is 1.91 bits per heavy atom. The lowest BCUT2D eigenvalue weighted by molar-refractivity contribution is 0.0687. The minimum Gasteiger partial charge on any atom is -0.477 e. The van der Waals surface area contributed by atoms with Crippen LogP contribution in [0.15, 0.2) is 82.3 Å². The van der Waals surface area contributed by atoms with Gasteiger partial charge in [0.05, 0.1) is 12.8 Å². The molecule has 0 atom stereocenters. The van der Waals surface area contributed by atoms with Gasteiger partial charge in [0.15, 0.2) is 0 Å². The first kappa shape index (κ1) is 20.4. The van der Waals surface area contributed by atoms with Crippen LogP contribution in [-0.2, 0) is 6.54 Å². The van der Waals surface area contributed by atoms with Crippen molar-refractivity contribution in [2.45, 2.75) is 6.54 Å². The van der Waals surface area contributed by atoms with Crippen molar-refractivity contribution in [2.24, 2.45) is 0 Å². The van der Waals surface area contributed by atoms with E-state index in [-0.39, 0.29) is 28.9 Å². The number of halogens is 2. The fourth-order valence-corrected chi connectivity index (χ4v) is 4.05. The first-order chi connectivity index (χ1) is 15.9. The van der Waals surface area contributed by atoms with E-state index in [0.29, 0.717) is 22.2 Å². The number of aromatic carboxylic acids is 1. The molecule has 8 heteroatoms. The number of H-pyrrole nitrogens is 1. The van der Waals surface area contributed by atoms with Crippen molar-refractivity contribution in [1.82, 2.24) is 9.55 Å². The second kappa shape index (κ2) is 7.90. The zero-order chi connectivity index (χ0) is 23.1. The summed E-state index contributed by atoms with van der Waals surface area (Å²) in [7, 11) is 0. The molecule has 0 aliphatic carbocycles. The van der Waals surface area contributed by atoms with Gasteiger partial charge < -0.3 is 19.1 Å². The van der Waals surface area contributed by atoms with Gasteiger partial charge in [-0.1, -0.05) is 6.07 Å². The number of aromatic amines is 1. The highest BCUT2D eigenvalue weighted by atomic mass is 19.1. The lowest BCUT2D eigenvalue weighted by atomic mass is 10.0. The molecule has 5 rings (SSSR count). The molecule has 0 amide bonds. The molecule has 2 aromatic carbocycles. The summed E-state index contributed by atoms with van der Waals surface area (Å²) in [6, 6.07) is 14.9. The number of carboxylic acids is 1. The van der Waals surface area contributed by atoms with E-state index in [2.05, 4.69) is 4.98 Å². The highest BCUT2D eigenvalue weighted by Crippen LogP contribution is 2.37. The van der Waals surface area contributed by atoms with Gasteiger partial charge in [-0.05, 0) is 48.5 Å². The smallest absolute Gasteiger partial charge is 0.353 e. The number of nitrogens with zero attached hydrogens (tertiary/aromatic N) is 1. The fraction of sp³-hybridized carbons (Fsp3) is 0.0400. The number of hydrogen-bond acceptors (Lipinski definition) is 3. The van der Waals surface area contributed by atoms with Crippen LogP contribution in [0.1, 0.15) is 16.1 Å². The number of pyridine rings is 1. The van der Waals surface area contributed by atoms with Gasteiger partial charge in [-0.15, -0.1) is 0 Å². The molecule has 164 valence electrons. The number of furan rings is 1. The van der Waals surface area contributed by atoms with Gasteiger partial charge in [-0.3, -0.25) is 4.79 Å². The van der Waals surface area contributed by atoms with Crippen LogP contribution in [0.2, 0.25) is 0 Å². The summed E-state index contributed by atoms with van der Waals surface area (Å²) >= 11 is 0. The molecule has 0 aliphatic heterocycles. The predicted octanol–water partition coefficient (Wildman–Crippen LogP) is 5.28. The Morgan fingerprint density at radius 3 is 2.61 bits per heavy atom. The maximum absolute atomic E-state index is 14.4. The average Bonchev–Trinajstić information content (AvgIpc) is 3.43. The number of benzene rings is 2. The lowest BCUT2D eigenvalue weighted by Gasteiger charge is -2.10. The Morgan fingerprint density at radius 1 is 1.06 bits per heavy atom. The van der Waals surface area contributed by atoms with Gasteiger partial charge in [-0.25, -0.2) is 13.6 Å². The normalized spacial score (nSPS) is 11.2. The number of rotatable bonds is 5. The summed E-state index contributed by atoms with van der Waals surface area (Å²) in [6.07, 6.45) is 2.97. The summed E-state index contributed by atoms with van der Waals surface area (Å²) in [5.74, 6) is -2.24. The Bertz CT molecular complexity index is 1570. The van der Waals surface area contributed by atoms with E-state index in [9.17, 15) is 23.5 Å². The number of aromatic nitrogens is 2. The molecular weight excluding hydrogens is 430 g/mol. The van der Waals surface area contributed by atoms with Gasteiger partial charge in [0, 0.05) is 45.4 Å². The molecule has 5 aromatic rings. The third-order valence-corrected chi connectivity index (χ3v) is 5.50. The van der Waals surface area contributed by atoms with Crippen molar-refractivity contribution < 1.29 is 23.1 Å². The summed E-state index contributed by atoms with van der Waals surface area (Å²) in [5.41, 5.74) is 0.995.